The summed E-state index contributed by atoms with van der Waals surface area (Å²) in [5.41, 5.74) is 3.41. The second kappa shape index (κ2) is 8.65. The Kier molecular flexibility index (Phi) is 5.79. The quantitative estimate of drug-likeness (QED) is 0.628. The lowest BCUT2D eigenvalue weighted by atomic mass is 9.96. The van der Waals surface area contributed by atoms with Gasteiger partial charge in [0.25, 0.3) is 12.3 Å². The van der Waals surface area contributed by atoms with Gasteiger partial charge in [0.2, 0.25) is 0 Å². The van der Waals surface area contributed by atoms with Gasteiger partial charge in [0.05, 0.1) is 12.2 Å². The van der Waals surface area contributed by atoms with Crippen molar-refractivity contribution in [3.05, 3.63) is 83.0 Å². The van der Waals surface area contributed by atoms with E-state index >= 15 is 0 Å². The molecular weight excluding hydrogens is 386 g/mol. The maximum absolute atomic E-state index is 13.8. The highest BCUT2D eigenvalue weighted by atomic mass is 19.3. The summed E-state index contributed by atoms with van der Waals surface area (Å²) in [6.07, 6.45) is -0.320. The molecule has 30 heavy (non-hydrogen) atoms. The van der Waals surface area contributed by atoms with Crippen molar-refractivity contribution in [1.29, 1.82) is 0 Å². The fraction of sp³-hybridized carbons (Fsp3) is 0.304. The second-order valence-corrected chi connectivity index (χ2v) is 7.59. The lowest BCUT2D eigenvalue weighted by Crippen LogP contribution is -2.32. The molecule has 1 aliphatic rings. The third-order valence-corrected chi connectivity index (χ3v) is 5.46. The number of aromatic nitrogens is 2. The van der Waals surface area contributed by atoms with Crippen molar-refractivity contribution in [1.82, 2.24) is 15.1 Å². The average molecular weight is 410 g/mol. The molecule has 2 N–H and O–H groups in total. The summed E-state index contributed by atoms with van der Waals surface area (Å²) >= 11 is 0. The first-order valence-corrected chi connectivity index (χ1v) is 10.0. The Bertz CT molecular complexity index is 1000. The Morgan fingerprint density at radius 2 is 1.93 bits per heavy atom. The van der Waals surface area contributed by atoms with Crippen LogP contribution < -0.4 is 10.6 Å². The number of hydrogen-bond acceptors (Lipinski definition) is 3. The van der Waals surface area contributed by atoms with Crippen LogP contribution >= 0.6 is 0 Å². The van der Waals surface area contributed by atoms with Crippen LogP contribution in [0, 0.1) is 6.92 Å². The molecule has 5 nitrogen and oxygen atoms in total. The summed E-state index contributed by atoms with van der Waals surface area (Å²) in [6.45, 7) is 2.43. The smallest absolute Gasteiger partial charge is 0.260 e. The molecular formula is C23H24F2N4O. The molecule has 0 spiro atoms. The van der Waals surface area contributed by atoms with Crippen molar-refractivity contribution in [3.63, 3.8) is 0 Å². The molecule has 156 valence electrons. The maximum atomic E-state index is 13.8. The van der Waals surface area contributed by atoms with Crippen LogP contribution in [-0.4, -0.2) is 28.7 Å². The molecule has 1 amide bonds. The van der Waals surface area contributed by atoms with Crippen LogP contribution in [0.15, 0.2) is 60.8 Å². The third kappa shape index (κ3) is 4.20. The van der Waals surface area contributed by atoms with Crippen LogP contribution in [0.3, 0.4) is 0 Å². The summed E-state index contributed by atoms with van der Waals surface area (Å²) in [5, 5.41) is 10.2. The number of hydrogen-bond donors (Lipinski definition) is 2. The summed E-state index contributed by atoms with van der Waals surface area (Å²) in [5.74, 6) is 0.0200. The molecule has 7 heteroatoms. The van der Waals surface area contributed by atoms with Gasteiger partial charge in [0, 0.05) is 6.54 Å². The minimum Gasteiger partial charge on any atom is -0.363 e. The monoisotopic (exact) mass is 410 g/mol. The summed E-state index contributed by atoms with van der Waals surface area (Å²) in [7, 11) is 0. The first kappa shape index (κ1) is 20.1. The molecule has 0 bridgehead atoms. The zero-order valence-corrected chi connectivity index (χ0v) is 16.7. The Morgan fingerprint density at radius 3 is 2.63 bits per heavy atom. The Hall–Kier alpha value is -3.22. The van der Waals surface area contributed by atoms with Crippen LogP contribution in [0.1, 0.15) is 45.6 Å². The number of amides is 1. The number of carbonyl (C=O) groups excluding carboxylic acids is 1. The highest BCUT2D eigenvalue weighted by Gasteiger charge is 2.36. The second-order valence-electron chi connectivity index (χ2n) is 7.59. The summed E-state index contributed by atoms with van der Waals surface area (Å²) < 4.78 is 28.8. The van der Waals surface area contributed by atoms with E-state index in [0.717, 1.165) is 16.7 Å². The van der Waals surface area contributed by atoms with Gasteiger partial charge in [0.1, 0.15) is 17.4 Å². The Labute approximate surface area is 174 Å². The zero-order valence-electron chi connectivity index (χ0n) is 16.7. The Balaban J connectivity index is 1.52. The number of carbonyl (C=O) groups is 1. The summed E-state index contributed by atoms with van der Waals surface area (Å²) in [6, 6.07) is 16.2. The molecule has 0 saturated heterocycles. The molecule has 3 aromatic rings. The molecule has 2 aromatic carbocycles. The topological polar surface area (TPSA) is 59.0 Å². The van der Waals surface area contributed by atoms with Crippen molar-refractivity contribution in [2.75, 3.05) is 11.9 Å². The number of anilines is 1. The van der Waals surface area contributed by atoms with E-state index in [2.05, 4.69) is 15.7 Å². The number of nitrogens with zero attached hydrogens (tertiary/aromatic N) is 2. The first-order chi connectivity index (χ1) is 14.5. The van der Waals surface area contributed by atoms with Crippen LogP contribution in [0.2, 0.25) is 0 Å². The van der Waals surface area contributed by atoms with Gasteiger partial charge < -0.3 is 10.6 Å². The van der Waals surface area contributed by atoms with Crippen molar-refractivity contribution >= 4 is 11.7 Å². The molecule has 0 radical (unpaired) electrons. The van der Waals surface area contributed by atoms with E-state index < -0.39 is 12.5 Å². The van der Waals surface area contributed by atoms with E-state index in [1.807, 2.05) is 61.5 Å². The maximum Gasteiger partial charge on any atom is 0.260 e. The van der Waals surface area contributed by atoms with Crippen molar-refractivity contribution in [3.8, 4) is 0 Å². The van der Waals surface area contributed by atoms with E-state index in [1.165, 1.54) is 10.9 Å². The minimum atomic E-state index is -2.58. The molecule has 2 atom stereocenters. The standard InChI is InChI=1S/C23H24F2N4O/c1-15-7-9-17(10-8-15)19-13-20(21(24)25)29-22(28-19)18(14-27-29)23(30)26-12-11-16-5-3-2-4-6-16/h2-10,14,19-21,28H,11-13H2,1H3,(H,26,30)/t19-,20-/m0/s1. The fourth-order valence-corrected chi connectivity index (χ4v) is 3.78. The van der Waals surface area contributed by atoms with Crippen LogP contribution in [0.5, 0.6) is 0 Å². The van der Waals surface area contributed by atoms with E-state index in [-0.39, 0.29) is 23.9 Å². The normalized spacial score (nSPS) is 18.0. The van der Waals surface area contributed by atoms with E-state index in [9.17, 15) is 13.6 Å². The van der Waals surface area contributed by atoms with Gasteiger partial charge >= 0.3 is 0 Å². The number of fused-ring (bicyclic) bond motifs is 1. The highest BCUT2D eigenvalue weighted by Crippen LogP contribution is 2.39. The van der Waals surface area contributed by atoms with Gasteiger partial charge in [-0.05, 0) is 30.9 Å². The van der Waals surface area contributed by atoms with Crippen LogP contribution in [-0.2, 0) is 6.42 Å². The summed E-state index contributed by atoms with van der Waals surface area (Å²) in [4.78, 5) is 12.7. The molecule has 0 unspecified atom stereocenters. The third-order valence-electron chi connectivity index (χ3n) is 5.46. The molecule has 2 heterocycles. The van der Waals surface area contributed by atoms with Crippen LogP contribution in [0.25, 0.3) is 0 Å². The van der Waals surface area contributed by atoms with Crippen LogP contribution in [0.4, 0.5) is 14.6 Å². The number of halogens is 2. The number of nitrogens with one attached hydrogen (secondary N) is 2. The number of benzene rings is 2. The highest BCUT2D eigenvalue weighted by molar-refractivity contribution is 5.98. The molecule has 0 fully saturated rings. The van der Waals surface area contributed by atoms with Gasteiger partial charge in [-0.2, -0.15) is 5.10 Å². The van der Waals surface area contributed by atoms with E-state index in [1.54, 1.807) is 0 Å². The minimum absolute atomic E-state index is 0.199. The lowest BCUT2D eigenvalue weighted by Gasteiger charge is -2.32. The SMILES string of the molecule is Cc1ccc([C@@H]2C[C@@H](C(F)F)n3ncc(C(=O)NCCc4ccccc4)c3N2)cc1. The zero-order chi connectivity index (χ0) is 21.1. The van der Waals surface area contributed by atoms with Gasteiger partial charge in [0.15, 0.2) is 0 Å². The largest absolute Gasteiger partial charge is 0.363 e. The molecule has 0 saturated carbocycles. The van der Waals surface area contributed by atoms with E-state index in [4.69, 9.17) is 0 Å². The fourth-order valence-electron chi connectivity index (χ4n) is 3.78. The van der Waals surface area contributed by atoms with E-state index in [0.29, 0.717) is 18.8 Å². The van der Waals surface area contributed by atoms with Crippen molar-refractivity contribution in [2.24, 2.45) is 0 Å². The van der Waals surface area contributed by atoms with Gasteiger partial charge in [-0.25, -0.2) is 13.5 Å². The molecule has 1 aliphatic heterocycles. The lowest BCUT2D eigenvalue weighted by molar-refractivity contribution is 0.0656. The van der Waals surface area contributed by atoms with Gasteiger partial charge in [-0.15, -0.1) is 0 Å². The Morgan fingerprint density at radius 1 is 1.20 bits per heavy atom. The predicted molar refractivity (Wildman–Crippen MR) is 112 cm³/mol. The first-order valence-electron chi connectivity index (χ1n) is 10.0. The van der Waals surface area contributed by atoms with Gasteiger partial charge in [-0.1, -0.05) is 60.2 Å². The molecule has 4 rings (SSSR count). The number of aryl methyl sites for hydroxylation is 1. The predicted octanol–water partition coefficient (Wildman–Crippen LogP) is 4.53. The number of rotatable bonds is 6. The van der Waals surface area contributed by atoms with Crippen molar-refractivity contribution in [2.45, 2.75) is 38.3 Å². The van der Waals surface area contributed by atoms with Crippen molar-refractivity contribution < 1.29 is 13.6 Å². The van der Waals surface area contributed by atoms with Gasteiger partial charge in [-0.3, -0.25) is 4.79 Å². The molecule has 1 aromatic heterocycles. The average Bonchev–Trinajstić information content (AvgIpc) is 3.18. The molecule has 0 aliphatic carbocycles. The number of alkyl halides is 2.